The van der Waals surface area contributed by atoms with Crippen LogP contribution >= 0.6 is 12.2 Å². The van der Waals surface area contributed by atoms with Crippen LogP contribution in [0.3, 0.4) is 0 Å². The minimum absolute atomic E-state index is 0.0567. The first kappa shape index (κ1) is 14.4. The molecule has 1 aliphatic rings. The molecule has 1 saturated heterocycles. The summed E-state index contributed by atoms with van der Waals surface area (Å²) in [5.41, 5.74) is 3.72. The number of nitrogens with one attached hydrogen (secondary N) is 1. The summed E-state index contributed by atoms with van der Waals surface area (Å²) in [5, 5.41) is 0. The van der Waals surface area contributed by atoms with E-state index in [0.29, 0.717) is 0 Å². The number of rotatable bonds is 2. The van der Waals surface area contributed by atoms with Gasteiger partial charge < -0.3 is 9.88 Å². The molecule has 112 valence electrons. The van der Waals surface area contributed by atoms with Crippen molar-refractivity contribution in [2.45, 2.75) is 39.0 Å². The molecule has 0 radical (unpaired) electrons. The highest BCUT2D eigenvalue weighted by molar-refractivity contribution is 7.71. The van der Waals surface area contributed by atoms with E-state index in [4.69, 9.17) is 12.2 Å². The van der Waals surface area contributed by atoms with E-state index in [2.05, 4.69) is 59.5 Å². The van der Waals surface area contributed by atoms with E-state index in [0.717, 1.165) is 10.5 Å². The van der Waals surface area contributed by atoms with E-state index < -0.39 is 0 Å². The van der Waals surface area contributed by atoms with Crippen molar-refractivity contribution >= 4 is 17.9 Å². The van der Waals surface area contributed by atoms with Crippen LogP contribution in [0.15, 0.2) is 30.5 Å². The Bertz CT molecular complexity index is 667. The summed E-state index contributed by atoms with van der Waals surface area (Å²) >= 11 is 5.46. The fourth-order valence-electron chi connectivity index (χ4n) is 2.96. The summed E-state index contributed by atoms with van der Waals surface area (Å²) in [5.74, 6) is 0. The molecule has 4 heteroatoms. The zero-order valence-corrected chi connectivity index (χ0v) is 13.8. The van der Waals surface area contributed by atoms with Gasteiger partial charge in [-0.1, -0.05) is 20.8 Å². The van der Waals surface area contributed by atoms with Crippen LogP contribution in [-0.2, 0) is 5.41 Å². The molecule has 1 aromatic heterocycles. The molecule has 0 atom stereocenters. The Morgan fingerprint density at radius 1 is 1.00 bits per heavy atom. The molecule has 1 fully saturated rings. The maximum atomic E-state index is 5.46. The van der Waals surface area contributed by atoms with Crippen LogP contribution in [-0.4, -0.2) is 22.6 Å². The Labute approximate surface area is 131 Å². The van der Waals surface area contributed by atoms with E-state index >= 15 is 0 Å². The zero-order valence-electron chi connectivity index (χ0n) is 13.0. The van der Waals surface area contributed by atoms with Gasteiger partial charge in [0.05, 0.1) is 0 Å². The Morgan fingerprint density at radius 2 is 1.57 bits per heavy atom. The summed E-state index contributed by atoms with van der Waals surface area (Å²) in [6.07, 6.45) is 4.63. The quantitative estimate of drug-likeness (QED) is 0.830. The Balaban J connectivity index is 1.98. The average Bonchev–Trinajstić information content (AvgIpc) is 3.07. The highest BCUT2D eigenvalue weighted by Crippen LogP contribution is 2.27. The lowest BCUT2D eigenvalue weighted by Gasteiger charge is -2.22. The molecular weight excluding hydrogens is 278 g/mol. The van der Waals surface area contributed by atoms with Crippen LogP contribution in [0.25, 0.3) is 5.69 Å². The smallest absolute Gasteiger partial charge is 0.182 e. The molecule has 1 aliphatic heterocycles. The number of aromatic nitrogens is 2. The van der Waals surface area contributed by atoms with Gasteiger partial charge in [-0.3, -0.25) is 4.57 Å². The monoisotopic (exact) mass is 301 g/mol. The molecule has 0 unspecified atom stereocenters. The van der Waals surface area contributed by atoms with E-state index in [1.807, 2.05) is 6.20 Å². The van der Waals surface area contributed by atoms with E-state index in [-0.39, 0.29) is 5.41 Å². The predicted octanol–water partition coefficient (Wildman–Crippen LogP) is 4.43. The van der Waals surface area contributed by atoms with Crippen LogP contribution in [0.1, 0.15) is 39.3 Å². The lowest BCUT2D eigenvalue weighted by molar-refractivity contribution is 0.556. The van der Waals surface area contributed by atoms with Crippen molar-refractivity contribution in [2.24, 2.45) is 0 Å². The number of nitrogens with zero attached hydrogens (tertiary/aromatic N) is 2. The van der Waals surface area contributed by atoms with E-state index in [1.54, 1.807) is 0 Å². The minimum Gasteiger partial charge on any atom is -0.372 e. The SMILES string of the molecule is CC(C)(C)c1c[nH]c(=S)n1-c1ccc(N2CCCC2)cc1. The molecule has 0 bridgehead atoms. The number of hydrogen-bond donors (Lipinski definition) is 1. The van der Waals surface area contributed by atoms with Crippen LogP contribution < -0.4 is 4.90 Å². The first-order valence-electron chi connectivity index (χ1n) is 7.63. The average molecular weight is 301 g/mol. The van der Waals surface area contributed by atoms with Gasteiger partial charge in [-0.2, -0.15) is 0 Å². The third-order valence-corrected chi connectivity index (χ3v) is 4.42. The van der Waals surface area contributed by atoms with E-state index in [1.165, 1.54) is 37.3 Å². The molecule has 1 N–H and O–H groups in total. The van der Waals surface area contributed by atoms with Gasteiger partial charge in [-0.15, -0.1) is 0 Å². The Hall–Kier alpha value is -1.55. The molecule has 0 amide bonds. The zero-order chi connectivity index (χ0) is 15.0. The van der Waals surface area contributed by atoms with Crippen molar-refractivity contribution in [3.63, 3.8) is 0 Å². The molecule has 0 spiro atoms. The maximum absolute atomic E-state index is 5.46. The number of anilines is 1. The molecule has 2 aromatic rings. The summed E-state index contributed by atoms with van der Waals surface area (Å²) in [4.78, 5) is 5.63. The van der Waals surface area contributed by atoms with Gasteiger partial charge in [-0.25, -0.2) is 0 Å². The first-order chi connectivity index (χ1) is 9.97. The largest absolute Gasteiger partial charge is 0.372 e. The molecule has 3 rings (SSSR count). The summed E-state index contributed by atoms with van der Waals surface area (Å²) < 4.78 is 2.90. The number of imidazole rings is 1. The van der Waals surface area contributed by atoms with Gasteiger partial charge in [0.2, 0.25) is 0 Å². The van der Waals surface area contributed by atoms with Gasteiger partial charge in [0.1, 0.15) is 0 Å². The number of benzene rings is 1. The first-order valence-corrected chi connectivity index (χ1v) is 8.04. The third-order valence-electron chi connectivity index (χ3n) is 4.12. The van der Waals surface area contributed by atoms with Gasteiger partial charge in [0, 0.05) is 41.8 Å². The van der Waals surface area contributed by atoms with Gasteiger partial charge in [0.15, 0.2) is 4.77 Å². The number of hydrogen-bond acceptors (Lipinski definition) is 2. The maximum Gasteiger partial charge on any atom is 0.182 e. The minimum atomic E-state index is 0.0567. The topological polar surface area (TPSA) is 24.0 Å². The van der Waals surface area contributed by atoms with Crippen LogP contribution in [0.5, 0.6) is 0 Å². The van der Waals surface area contributed by atoms with Crippen molar-refractivity contribution in [1.29, 1.82) is 0 Å². The van der Waals surface area contributed by atoms with E-state index in [9.17, 15) is 0 Å². The van der Waals surface area contributed by atoms with Crippen LogP contribution in [0.4, 0.5) is 5.69 Å². The van der Waals surface area contributed by atoms with Crippen molar-refractivity contribution in [3.05, 3.63) is 40.9 Å². The summed E-state index contributed by atoms with van der Waals surface area (Å²) in [6.45, 7) is 8.98. The molecule has 0 aliphatic carbocycles. The van der Waals surface area contributed by atoms with Crippen LogP contribution in [0.2, 0.25) is 0 Å². The van der Waals surface area contributed by atoms with Crippen molar-refractivity contribution in [2.75, 3.05) is 18.0 Å². The molecule has 21 heavy (non-hydrogen) atoms. The fourth-order valence-corrected chi connectivity index (χ4v) is 3.23. The highest BCUT2D eigenvalue weighted by Gasteiger charge is 2.20. The van der Waals surface area contributed by atoms with Gasteiger partial charge in [0.25, 0.3) is 0 Å². The standard InChI is InChI=1S/C17H23N3S/c1-17(2,3)15-12-18-16(21)20(15)14-8-6-13(7-9-14)19-10-4-5-11-19/h6-9,12H,4-5,10-11H2,1-3H3,(H,18,21). The third kappa shape index (κ3) is 2.77. The summed E-state index contributed by atoms with van der Waals surface area (Å²) in [7, 11) is 0. The number of aromatic amines is 1. The summed E-state index contributed by atoms with van der Waals surface area (Å²) in [6, 6.07) is 8.77. The Morgan fingerprint density at radius 3 is 2.14 bits per heavy atom. The second kappa shape index (κ2) is 5.34. The molecule has 2 heterocycles. The van der Waals surface area contributed by atoms with Crippen molar-refractivity contribution < 1.29 is 0 Å². The molecular formula is C17H23N3S. The second-order valence-corrected chi connectivity index (χ2v) is 7.16. The molecule has 3 nitrogen and oxygen atoms in total. The Kier molecular flexibility index (Phi) is 3.66. The van der Waals surface area contributed by atoms with Crippen LogP contribution in [0, 0.1) is 4.77 Å². The molecule has 1 aromatic carbocycles. The number of H-pyrrole nitrogens is 1. The van der Waals surface area contributed by atoms with Gasteiger partial charge >= 0.3 is 0 Å². The lowest BCUT2D eigenvalue weighted by atomic mass is 9.92. The van der Waals surface area contributed by atoms with Gasteiger partial charge in [-0.05, 0) is 49.3 Å². The van der Waals surface area contributed by atoms with Crippen molar-refractivity contribution in [1.82, 2.24) is 9.55 Å². The second-order valence-electron chi connectivity index (χ2n) is 6.78. The highest BCUT2D eigenvalue weighted by atomic mass is 32.1. The normalized spacial score (nSPS) is 15.7. The molecule has 0 saturated carbocycles. The van der Waals surface area contributed by atoms with Crippen molar-refractivity contribution in [3.8, 4) is 5.69 Å². The lowest BCUT2D eigenvalue weighted by Crippen LogP contribution is -2.18. The fraction of sp³-hybridized carbons (Fsp3) is 0.471. The predicted molar refractivity (Wildman–Crippen MR) is 91.1 cm³/mol.